The highest BCUT2D eigenvalue weighted by Gasteiger charge is 2.01. The van der Waals surface area contributed by atoms with E-state index in [0.29, 0.717) is 19.6 Å². The monoisotopic (exact) mass is 276 g/mol. The van der Waals surface area contributed by atoms with Crippen LogP contribution in [0.1, 0.15) is 44.1 Å². The Morgan fingerprint density at radius 3 is 2.50 bits per heavy atom. The molecule has 0 spiro atoms. The molecule has 1 N–H and O–H groups in total. The van der Waals surface area contributed by atoms with Gasteiger partial charge in [-0.1, -0.05) is 49.6 Å². The highest BCUT2D eigenvalue weighted by atomic mass is 16.5. The molecule has 0 saturated carbocycles. The summed E-state index contributed by atoms with van der Waals surface area (Å²) in [6.45, 7) is 0.933. The van der Waals surface area contributed by atoms with Crippen LogP contribution in [0, 0.1) is 0 Å². The van der Waals surface area contributed by atoms with Gasteiger partial charge in [0.1, 0.15) is 6.61 Å². The molecule has 1 amide bonds. The van der Waals surface area contributed by atoms with Crippen LogP contribution in [0.2, 0.25) is 0 Å². The lowest BCUT2D eigenvalue weighted by Crippen LogP contribution is -2.25. The Kier molecular flexibility index (Phi) is 8.94. The summed E-state index contributed by atoms with van der Waals surface area (Å²) in [5.41, 5.74) is 0.981. The maximum atomic E-state index is 11.4. The van der Waals surface area contributed by atoms with Crippen LogP contribution < -0.4 is 5.32 Å². The molecule has 1 aromatic carbocycles. The molecule has 0 fully saturated rings. The maximum absolute atomic E-state index is 11.4. The van der Waals surface area contributed by atoms with Gasteiger partial charge >= 0.3 is 6.09 Å². The summed E-state index contributed by atoms with van der Waals surface area (Å²) in [7, 11) is 0. The lowest BCUT2D eigenvalue weighted by molar-refractivity contribution is 0.139. The second-order valence-corrected chi connectivity index (χ2v) is 4.65. The van der Waals surface area contributed by atoms with E-state index in [1.807, 2.05) is 36.6 Å². The fourth-order valence-electron chi connectivity index (χ4n) is 1.82. The summed E-state index contributed by atoms with van der Waals surface area (Å²) >= 11 is 0. The van der Waals surface area contributed by atoms with Gasteiger partial charge in [-0.25, -0.2) is 4.79 Å². The lowest BCUT2D eigenvalue weighted by atomic mass is 10.1. The van der Waals surface area contributed by atoms with E-state index >= 15 is 0 Å². The van der Waals surface area contributed by atoms with Gasteiger partial charge in [0, 0.05) is 13.0 Å². The summed E-state index contributed by atoms with van der Waals surface area (Å²) in [6, 6.07) is 9.60. The molecule has 109 valence electrons. The number of alkyl carbamates (subject to hydrolysis) is 1. The van der Waals surface area contributed by atoms with Crippen LogP contribution in [-0.2, 0) is 16.1 Å². The molecule has 4 heteroatoms. The quantitative estimate of drug-likeness (QED) is 0.667. The Bertz CT molecular complexity index is 379. The molecule has 0 heterocycles. The molecule has 20 heavy (non-hydrogen) atoms. The van der Waals surface area contributed by atoms with Crippen molar-refractivity contribution in [1.29, 1.82) is 0 Å². The number of benzene rings is 1. The number of hydrogen-bond acceptors (Lipinski definition) is 3. The van der Waals surface area contributed by atoms with Crippen molar-refractivity contribution in [2.75, 3.05) is 6.54 Å². The zero-order valence-corrected chi connectivity index (χ0v) is 11.8. The van der Waals surface area contributed by atoms with Crippen molar-refractivity contribution in [3.05, 3.63) is 35.9 Å². The molecule has 1 radical (unpaired) electrons. The molecule has 0 aromatic heterocycles. The third kappa shape index (κ3) is 8.29. The summed E-state index contributed by atoms with van der Waals surface area (Å²) in [6.07, 6.45) is 7.09. The van der Waals surface area contributed by atoms with Crippen LogP contribution in [0.15, 0.2) is 30.3 Å². The van der Waals surface area contributed by atoms with E-state index in [4.69, 9.17) is 4.74 Å². The van der Waals surface area contributed by atoms with Gasteiger partial charge < -0.3 is 10.1 Å². The van der Waals surface area contributed by atoms with Crippen molar-refractivity contribution in [2.45, 2.75) is 45.1 Å². The van der Waals surface area contributed by atoms with Crippen molar-refractivity contribution in [1.82, 2.24) is 5.32 Å². The number of hydrogen-bond donors (Lipinski definition) is 1. The van der Waals surface area contributed by atoms with Gasteiger partial charge in [-0.15, -0.1) is 0 Å². The zero-order chi connectivity index (χ0) is 14.5. The number of carbonyl (C=O) groups excluding carboxylic acids is 2. The van der Waals surface area contributed by atoms with Gasteiger partial charge in [-0.05, 0) is 18.4 Å². The number of amides is 1. The van der Waals surface area contributed by atoms with E-state index in [-0.39, 0.29) is 6.09 Å². The lowest BCUT2D eigenvalue weighted by Gasteiger charge is -2.07. The minimum Gasteiger partial charge on any atom is -0.445 e. The van der Waals surface area contributed by atoms with Crippen molar-refractivity contribution in [3.8, 4) is 0 Å². The van der Waals surface area contributed by atoms with Crippen LogP contribution >= 0.6 is 0 Å². The van der Waals surface area contributed by atoms with Gasteiger partial charge in [0.05, 0.1) is 0 Å². The molecule has 0 bridgehead atoms. The standard InChI is InChI=1S/C16H22NO3/c18-13-9-4-2-1-3-8-12-17-16(19)20-14-15-10-6-5-7-11-15/h5-7,10-11H,1-4,8-9,12,14H2,(H,17,19). The number of ether oxygens (including phenoxy) is 1. The molecule has 0 aliphatic carbocycles. The second kappa shape index (κ2) is 11.0. The third-order valence-corrected chi connectivity index (χ3v) is 2.94. The fourth-order valence-corrected chi connectivity index (χ4v) is 1.82. The van der Waals surface area contributed by atoms with Crippen LogP contribution in [0.5, 0.6) is 0 Å². The average Bonchev–Trinajstić information content (AvgIpc) is 2.49. The van der Waals surface area contributed by atoms with E-state index in [9.17, 15) is 9.59 Å². The molecule has 0 atom stereocenters. The molecular formula is C16H22NO3. The van der Waals surface area contributed by atoms with Gasteiger partial charge in [0.2, 0.25) is 0 Å². The SMILES string of the molecule is O=[C]CCCCCCCNC(=O)OCc1ccccc1. The van der Waals surface area contributed by atoms with Crippen molar-refractivity contribution in [2.24, 2.45) is 0 Å². The summed E-state index contributed by atoms with van der Waals surface area (Å²) in [5.74, 6) is 0. The maximum Gasteiger partial charge on any atom is 0.407 e. The van der Waals surface area contributed by atoms with E-state index in [1.165, 1.54) is 0 Å². The second-order valence-electron chi connectivity index (χ2n) is 4.65. The van der Waals surface area contributed by atoms with E-state index < -0.39 is 0 Å². The number of nitrogens with one attached hydrogen (secondary N) is 1. The summed E-state index contributed by atoms with van der Waals surface area (Å²) < 4.78 is 5.09. The van der Waals surface area contributed by atoms with Crippen LogP contribution in [0.3, 0.4) is 0 Å². The summed E-state index contributed by atoms with van der Waals surface area (Å²) in [5, 5.41) is 2.73. The fraction of sp³-hybridized carbons (Fsp3) is 0.500. The number of rotatable bonds is 10. The van der Waals surface area contributed by atoms with Crippen LogP contribution in [0.25, 0.3) is 0 Å². The molecule has 1 aromatic rings. The van der Waals surface area contributed by atoms with Crippen molar-refractivity contribution < 1.29 is 14.3 Å². The van der Waals surface area contributed by atoms with E-state index in [2.05, 4.69) is 5.32 Å². The highest BCUT2D eigenvalue weighted by molar-refractivity contribution is 5.67. The van der Waals surface area contributed by atoms with Crippen LogP contribution in [-0.4, -0.2) is 18.9 Å². The first kappa shape index (κ1) is 16.2. The normalized spacial score (nSPS) is 10.0. The molecule has 1 rings (SSSR count). The molecular weight excluding hydrogens is 254 g/mol. The van der Waals surface area contributed by atoms with Crippen LogP contribution in [0.4, 0.5) is 4.79 Å². The van der Waals surface area contributed by atoms with E-state index in [1.54, 1.807) is 0 Å². The van der Waals surface area contributed by atoms with Crippen molar-refractivity contribution >= 4 is 12.4 Å². The smallest absolute Gasteiger partial charge is 0.407 e. The third-order valence-electron chi connectivity index (χ3n) is 2.94. The predicted octanol–water partition coefficient (Wildman–Crippen LogP) is 3.36. The predicted molar refractivity (Wildman–Crippen MR) is 78.0 cm³/mol. The Morgan fingerprint density at radius 2 is 1.75 bits per heavy atom. The summed E-state index contributed by atoms with van der Waals surface area (Å²) in [4.78, 5) is 21.4. The minimum absolute atomic E-state index is 0.300. The Labute approximate surface area is 120 Å². The topological polar surface area (TPSA) is 55.4 Å². The molecule has 4 nitrogen and oxygen atoms in total. The van der Waals surface area contributed by atoms with Crippen molar-refractivity contribution in [3.63, 3.8) is 0 Å². The largest absolute Gasteiger partial charge is 0.445 e. The molecule has 0 saturated heterocycles. The first-order valence-corrected chi connectivity index (χ1v) is 7.12. The molecule has 0 aliphatic heterocycles. The van der Waals surface area contributed by atoms with Gasteiger partial charge in [-0.3, -0.25) is 4.79 Å². The highest BCUT2D eigenvalue weighted by Crippen LogP contribution is 2.04. The molecule has 0 unspecified atom stereocenters. The molecule has 0 aliphatic rings. The minimum atomic E-state index is -0.371. The number of unbranched alkanes of at least 4 members (excludes halogenated alkanes) is 5. The zero-order valence-electron chi connectivity index (χ0n) is 11.8. The Balaban J connectivity index is 1.94. The van der Waals surface area contributed by atoms with Gasteiger partial charge in [0.25, 0.3) is 0 Å². The van der Waals surface area contributed by atoms with Gasteiger partial charge in [-0.2, -0.15) is 0 Å². The van der Waals surface area contributed by atoms with E-state index in [0.717, 1.165) is 37.7 Å². The average molecular weight is 276 g/mol. The number of carbonyl (C=O) groups is 1. The Morgan fingerprint density at radius 1 is 1.05 bits per heavy atom. The Hall–Kier alpha value is -1.84. The van der Waals surface area contributed by atoms with Gasteiger partial charge in [0.15, 0.2) is 6.29 Å². The first-order valence-electron chi connectivity index (χ1n) is 7.12. The first-order chi connectivity index (χ1) is 9.83.